The second-order valence-electron chi connectivity index (χ2n) is 7.07. The van der Waals surface area contributed by atoms with Gasteiger partial charge < -0.3 is 14.7 Å². The molecule has 4 rings (SSSR count). The summed E-state index contributed by atoms with van der Waals surface area (Å²) in [5.74, 6) is -0.911. The van der Waals surface area contributed by atoms with Gasteiger partial charge >= 0.3 is 0 Å². The second kappa shape index (κ2) is 8.12. The van der Waals surface area contributed by atoms with Gasteiger partial charge in [0, 0.05) is 27.7 Å². The lowest BCUT2D eigenvalue weighted by Crippen LogP contribution is -2.57. The van der Waals surface area contributed by atoms with E-state index in [-0.39, 0.29) is 6.54 Å². The molecule has 0 spiro atoms. The number of ether oxygens (including phenoxy) is 1. The third-order valence-electron chi connectivity index (χ3n) is 5.32. The number of carbonyl (C=O) groups is 1. The first kappa shape index (κ1) is 21.0. The number of carbonyl (C=O) groups excluding carboxylic acids is 1. The minimum atomic E-state index is -1.75. The molecule has 0 bridgehead atoms. The van der Waals surface area contributed by atoms with Crippen LogP contribution in [0.25, 0.3) is 0 Å². The highest BCUT2D eigenvalue weighted by molar-refractivity contribution is 9.10. The van der Waals surface area contributed by atoms with E-state index in [4.69, 9.17) is 16.3 Å². The van der Waals surface area contributed by atoms with Crippen LogP contribution in [0.2, 0.25) is 5.02 Å². The van der Waals surface area contributed by atoms with E-state index in [0.717, 1.165) is 0 Å². The maximum absolute atomic E-state index is 14.5. The van der Waals surface area contributed by atoms with Crippen molar-refractivity contribution in [1.82, 2.24) is 0 Å². The van der Waals surface area contributed by atoms with Gasteiger partial charge in [-0.3, -0.25) is 4.79 Å². The number of halogens is 3. The van der Waals surface area contributed by atoms with Crippen molar-refractivity contribution in [3.05, 3.63) is 98.7 Å². The molecule has 7 heteroatoms. The molecule has 1 amide bonds. The molecule has 154 valence electrons. The van der Waals surface area contributed by atoms with Gasteiger partial charge in [-0.1, -0.05) is 63.9 Å². The average molecular weight is 491 g/mol. The summed E-state index contributed by atoms with van der Waals surface area (Å²) < 4.78 is 20.6. The number of rotatable bonds is 4. The van der Waals surface area contributed by atoms with Gasteiger partial charge in [-0.25, -0.2) is 4.39 Å². The van der Waals surface area contributed by atoms with E-state index in [2.05, 4.69) is 15.9 Å². The number of benzene rings is 3. The number of anilines is 1. The van der Waals surface area contributed by atoms with Gasteiger partial charge in [-0.05, 0) is 35.9 Å². The Morgan fingerprint density at radius 1 is 1.17 bits per heavy atom. The summed E-state index contributed by atoms with van der Waals surface area (Å²) in [4.78, 5) is 14.9. The Morgan fingerprint density at radius 2 is 1.90 bits per heavy atom. The van der Waals surface area contributed by atoms with Gasteiger partial charge in [0.25, 0.3) is 5.91 Å². The normalized spacial score (nSPS) is 20.9. The SMILES string of the molecule is COC1C(=O)N(Cc2ccc(Br)cc2F)c2ccc(Cl)cc2C1(O)c1ccccc1. The third kappa shape index (κ3) is 3.44. The Labute approximate surface area is 187 Å². The average Bonchev–Trinajstić information content (AvgIpc) is 2.73. The van der Waals surface area contributed by atoms with Crippen LogP contribution in [0.1, 0.15) is 16.7 Å². The van der Waals surface area contributed by atoms with Crippen molar-refractivity contribution in [3.63, 3.8) is 0 Å². The van der Waals surface area contributed by atoms with Crippen molar-refractivity contribution in [2.45, 2.75) is 18.2 Å². The number of aliphatic hydroxyl groups is 1. The summed E-state index contributed by atoms with van der Waals surface area (Å²) in [6, 6.07) is 18.4. The van der Waals surface area contributed by atoms with E-state index in [9.17, 15) is 14.3 Å². The first-order valence-corrected chi connectivity index (χ1v) is 10.4. The molecule has 3 aromatic rings. The summed E-state index contributed by atoms with van der Waals surface area (Å²) >= 11 is 9.49. The molecule has 1 N–H and O–H groups in total. The molecule has 2 unspecified atom stereocenters. The molecule has 0 radical (unpaired) electrons. The summed E-state index contributed by atoms with van der Waals surface area (Å²) in [5.41, 5.74) is -0.0329. The molecule has 3 aromatic carbocycles. The molecule has 0 saturated carbocycles. The fraction of sp³-hybridized carbons (Fsp3) is 0.174. The Balaban J connectivity index is 1.90. The Bertz CT molecular complexity index is 1110. The van der Waals surface area contributed by atoms with E-state index >= 15 is 0 Å². The minimum absolute atomic E-state index is 0.0166. The zero-order chi connectivity index (χ0) is 21.5. The number of fused-ring (bicyclic) bond motifs is 1. The summed E-state index contributed by atoms with van der Waals surface area (Å²) in [6.07, 6.45) is -1.23. The van der Waals surface area contributed by atoms with Crippen molar-refractivity contribution in [2.24, 2.45) is 0 Å². The van der Waals surface area contributed by atoms with Crippen LogP contribution in [0.5, 0.6) is 0 Å². The van der Waals surface area contributed by atoms with Crippen molar-refractivity contribution < 1.29 is 19.0 Å². The highest BCUT2D eigenvalue weighted by Crippen LogP contribution is 2.46. The number of nitrogens with zero attached hydrogens (tertiary/aromatic N) is 1. The molecule has 0 fully saturated rings. The van der Waals surface area contributed by atoms with Crippen LogP contribution in [-0.2, 0) is 21.7 Å². The number of amides is 1. The number of methoxy groups -OCH3 is 1. The van der Waals surface area contributed by atoms with E-state index in [1.54, 1.807) is 54.6 Å². The zero-order valence-corrected chi connectivity index (χ0v) is 18.3. The lowest BCUT2D eigenvalue weighted by molar-refractivity contribution is -0.145. The fourth-order valence-electron chi connectivity index (χ4n) is 3.88. The molecule has 0 saturated heterocycles. The van der Waals surface area contributed by atoms with Crippen molar-refractivity contribution >= 4 is 39.1 Å². The smallest absolute Gasteiger partial charge is 0.260 e. The Morgan fingerprint density at radius 3 is 2.57 bits per heavy atom. The lowest BCUT2D eigenvalue weighted by Gasteiger charge is -2.44. The standard InChI is InChI=1S/C23H18BrClFNO3/c1-30-21-22(28)27(13-14-7-8-16(24)11-19(14)26)20-10-9-17(25)12-18(20)23(21,29)15-5-3-2-4-6-15/h2-12,21,29H,13H2,1H3. The van der Waals surface area contributed by atoms with Gasteiger partial charge in [0.1, 0.15) is 5.82 Å². The minimum Gasteiger partial charge on any atom is -0.377 e. The Hall–Kier alpha value is -2.25. The van der Waals surface area contributed by atoms with Gasteiger partial charge in [-0.2, -0.15) is 0 Å². The fourth-order valence-corrected chi connectivity index (χ4v) is 4.39. The maximum atomic E-state index is 14.5. The lowest BCUT2D eigenvalue weighted by atomic mass is 9.77. The summed E-state index contributed by atoms with van der Waals surface area (Å²) in [7, 11) is 1.37. The van der Waals surface area contributed by atoms with Crippen LogP contribution in [-0.4, -0.2) is 24.2 Å². The van der Waals surface area contributed by atoms with Gasteiger partial charge in [0.2, 0.25) is 0 Å². The first-order chi connectivity index (χ1) is 14.4. The van der Waals surface area contributed by atoms with Crippen molar-refractivity contribution in [2.75, 3.05) is 12.0 Å². The van der Waals surface area contributed by atoms with Crippen LogP contribution in [0, 0.1) is 5.82 Å². The predicted octanol–water partition coefficient (Wildman–Crippen LogP) is 5.04. The van der Waals surface area contributed by atoms with E-state index in [1.165, 1.54) is 18.1 Å². The first-order valence-electron chi connectivity index (χ1n) is 9.22. The van der Waals surface area contributed by atoms with Crippen molar-refractivity contribution in [3.8, 4) is 0 Å². The molecule has 2 atom stereocenters. The third-order valence-corrected chi connectivity index (χ3v) is 6.05. The second-order valence-corrected chi connectivity index (χ2v) is 8.42. The molecular formula is C23H18BrClFNO3. The van der Waals surface area contributed by atoms with Gasteiger partial charge in [0.05, 0.1) is 12.2 Å². The molecule has 30 heavy (non-hydrogen) atoms. The number of hydrogen-bond acceptors (Lipinski definition) is 3. The van der Waals surface area contributed by atoms with E-state index < -0.39 is 23.4 Å². The molecular weight excluding hydrogens is 473 g/mol. The predicted molar refractivity (Wildman–Crippen MR) is 117 cm³/mol. The van der Waals surface area contributed by atoms with Gasteiger partial charge in [0.15, 0.2) is 11.7 Å². The molecule has 1 aliphatic heterocycles. The summed E-state index contributed by atoms with van der Waals surface area (Å²) in [5, 5.41) is 12.2. The highest BCUT2D eigenvalue weighted by Gasteiger charge is 2.52. The molecule has 1 heterocycles. The molecule has 1 aliphatic rings. The zero-order valence-electron chi connectivity index (χ0n) is 16.0. The van der Waals surface area contributed by atoms with Crippen LogP contribution in [0.3, 0.4) is 0 Å². The molecule has 4 nitrogen and oxygen atoms in total. The monoisotopic (exact) mass is 489 g/mol. The summed E-state index contributed by atoms with van der Waals surface area (Å²) in [6.45, 7) is -0.0166. The molecule has 0 aliphatic carbocycles. The largest absolute Gasteiger partial charge is 0.377 e. The topological polar surface area (TPSA) is 49.8 Å². The maximum Gasteiger partial charge on any atom is 0.260 e. The van der Waals surface area contributed by atoms with Crippen LogP contribution >= 0.6 is 27.5 Å². The van der Waals surface area contributed by atoms with E-state index in [0.29, 0.717) is 31.9 Å². The molecule has 0 aromatic heterocycles. The van der Waals surface area contributed by atoms with Crippen LogP contribution in [0.4, 0.5) is 10.1 Å². The van der Waals surface area contributed by atoms with Crippen molar-refractivity contribution in [1.29, 1.82) is 0 Å². The number of hydrogen-bond donors (Lipinski definition) is 1. The van der Waals surface area contributed by atoms with Crippen LogP contribution < -0.4 is 4.90 Å². The Kier molecular flexibility index (Phi) is 5.68. The van der Waals surface area contributed by atoms with E-state index in [1.807, 2.05) is 6.07 Å². The highest BCUT2D eigenvalue weighted by atomic mass is 79.9. The quantitative estimate of drug-likeness (QED) is 0.557. The van der Waals surface area contributed by atoms with Crippen LogP contribution in [0.15, 0.2) is 71.2 Å². The van der Waals surface area contributed by atoms with Gasteiger partial charge in [-0.15, -0.1) is 0 Å².